The molecule has 0 aliphatic carbocycles. The van der Waals surface area contributed by atoms with Crippen LogP contribution in [0.15, 0.2) is 72.8 Å². The van der Waals surface area contributed by atoms with E-state index in [1.54, 1.807) is 11.8 Å². The number of methoxy groups -OCH3 is 1. The maximum Gasteiger partial charge on any atom is 0.273 e. The predicted octanol–water partition coefficient (Wildman–Crippen LogP) is 6.71. The second kappa shape index (κ2) is 12.5. The Morgan fingerprint density at radius 2 is 1.71 bits per heavy atom. The van der Waals surface area contributed by atoms with Crippen molar-refractivity contribution in [1.82, 2.24) is 14.7 Å². The van der Waals surface area contributed by atoms with Crippen molar-refractivity contribution in [3.05, 3.63) is 95.2 Å². The van der Waals surface area contributed by atoms with Crippen molar-refractivity contribution in [3.63, 3.8) is 0 Å². The maximum absolute atomic E-state index is 14.0. The average molecular weight is 554 g/mol. The lowest BCUT2D eigenvalue weighted by molar-refractivity contribution is 0.0741. The monoisotopic (exact) mass is 553 g/mol. The van der Waals surface area contributed by atoms with Crippen molar-refractivity contribution in [2.75, 3.05) is 26.9 Å². The molecular formula is C34H39N3O4. The molecule has 0 saturated heterocycles. The van der Waals surface area contributed by atoms with E-state index in [2.05, 4.69) is 32.0 Å². The van der Waals surface area contributed by atoms with Crippen molar-refractivity contribution >= 4 is 5.91 Å². The SMILES string of the molecule is CCOc1cc(C2c3c(-c4ccc(OC)cc4)nn(C)c3C(=O)N2CCc2ccccc2)ccc1OCCC(C)C. The van der Waals surface area contributed by atoms with E-state index in [0.717, 1.165) is 46.7 Å². The van der Waals surface area contributed by atoms with Crippen LogP contribution in [-0.2, 0) is 13.5 Å². The van der Waals surface area contributed by atoms with Crippen LogP contribution in [0.2, 0.25) is 0 Å². The fourth-order valence-corrected chi connectivity index (χ4v) is 5.38. The Labute approximate surface area is 242 Å². The number of hydrogen-bond acceptors (Lipinski definition) is 5. The van der Waals surface area contributed by atoms with E-state index in [-0.39, 0.29) is 11.9 Å². The van der Waals surface area contributed by atoms with Gasteiger partial charge in [-0.3, -0.25) is 9.48 Å². The van der Waals surface area contributed by atoms with E-state index in [9.17, 15) is 4.79 Å². The minimum absolute atomic E-state index is 0.0223. The van der Waals surface area contributed by atoms with E-state index in [1.165, 1.54) is 5.56 Å². The Kier molecular flexibility index (Phi) is 8.62. The summed E-state index contributed by atoms with van der Waals surface area (Å²) in [5.41, 5.74) is 5.40. The standard InChI is InChI=1S/C34H39N3O4/c1-6-40-29-22-26(14-17-28(29)41-21-19-23(2)3)32-30-31(25-12-15-27(39-5)16-13-25)35-36(4)33(30)34(38)37(32)20-18-24-10-8-7-9-11-24/h7-17,22-23,32H,6,18-21H2,1-5H3. The maximum atomic E-state index is 14.0. The summed E-state index contributed by atoms with van der Waals surface area (Å²) in [6, 6.07) is 23.8. The predicted molar refractivity (Wildman–Crippen MR) is 161 cm³/mol. The smallest absolute Gasteiger partial charge is 0.273 e. The molecule has 1 amide bonds. The zero-order valence-corrected chi connectivity index (χ0v) is 24.6. The highest BCUT2D eigenvalue weighted by Gasteiger charge is 2.43. The van der Waals surface area contributed by atoms with Crippen LogP contribution in [0.4, 0.5) is 0 Å². The van der Waals surface area contributed by atoms with Gasteiger partial charge >= 0.3 is 0 Å². The van der Waals surface area contributed by atoms with Gasteiger partial charge in [0.1, 0.15) is 11.4 Å². The van der Waals surface area contributed by atoms with Gasteiger partial charge in [-0.25, -0.2) is 0 Å². The minimum Gasteiger partial charge on any atom is -0.497 e. The van der Waals surface area contributed by atoms with Crippen LogP contribution in [0, 0.1) is 5.92 Å². The van der Waals surface area contributed by atoms with Crippen molar-refractivity contribution in [3.8, 4) is 28.5 Å². The van der Waals surface area contributed by atoms with Crippen LogP contribution >= 0.6 is 0 Å². The lowest BCUT2D eigenvalue weighted by atomic mass is 9.95. The number of nitrogens with zero attached hydrogens (tertiary/aromatic N) is 3. The summed E-state index contributed by atoms with van der Waals surface area (Å²) in [5, 5.41) is 4.84. The quantitative estimate of drug-likeness (QED) is 0.195. The molecule has 1 atom stereocenters. The number of hydrogen-bond donors (Lipinski definition) is 0. The van der Waals surface area contributed by atoms with Crippen LogP contribution in [0.3, 0.4) is 0 Å². The summed E-state index contributed by atoms with van der Waals surface area (Å²) >= 11 is 0. The third-order valence-corrected chi connectivity index (χ3v) is 7.52. The zero-order chi connectivity index (χ0) is 28.9. The summed E-state index contributed by atoms with van der Waals surface area (Å²) in [4.78, 5) is 16.0. The van der Waals surface area contributed by atoms with Gasteiger partial charge < -0.3 is 19.1 Å². The molecule has 0 spiro atoms. The molecule has 0 saturated carbocycles. The molecule has 0 fully saturated rings. The van der Waals surface area contributed by atoms with Crippen molar-refractivity contribution in [1.29, 1.82) is 0 Å². The molecule has 2 heterocycles. The van der Waals surface area contributed by atoms with Gasteiger partial charge in [-0.1, -0.05) is 50.2 Å². The highest BCUT2D eigenvalue weighted by Crippen LogP contribution is 2.45. The molecule has 214 valence electrons. The Morgan fingerprint density at radius 3 is 2.39 bits per heavy atom. The van der Waals surface area contributed by atoms with Crippen LogP contribution in [-0.4, -0.2) is 47.5 Å². The molecule has 41 heavy (non-hydrogen) atoms. The first-order valence-corrected chi connectivity index (χ1v) is 14.4. The van der Waals surface area contributed by atoms with Gasteiger partial charge in [0.2, 0.25) is 0 Å². The lowest BCUT2D eigenvalue weighted by Gasteiger charge is -2.27. The Morgan fingerprint density at radius 1 is 0.951 bits per heavy atom. The van der Waals surface area contributed by atoms with E-state index < -0.39 is 0 Å². The third-order valence-electron chi connectivity index (χ3n) is 7.52. The molecule has 0 bridgehead atoms. The molecule has 0 radical (unpaired) electrons. The van der Waals surface area contributed by atoms with Gasteiger partial charge in [0.25, 0.3) is 5.91 Å². The number of fused-ring (bicyclic) bond motifs is 1. The van der Waals surface area contributed by atoms with Gasteiger partial charge in [0, 0.05) is 24.7 Å². The first kappa shape index (κ1) is 28.3. The van der Waals surface area contributed by atoms with E-state index in [4.69, 9.17) is 19.3 Å². The number of carbonyl (C=O) groups excluding carboxylic acids is 1. The number of ether oxygens (including phenoxy) is 3. The first-order valence-electron chi connectivity index (χ1n) is 14.4. The third kappa shape index (κ3) is 5.94. The minimum atomic E-state index is -0.323. The Hall–Kier alpha value is -4.26. The largest absolute Gasteiger partial charge is 0.497 e. The summed E-state index contributed by atoms with van der Waals surface area (Å²) in [5.74, 6) is 2.71. The second-order valence-electron chi connectivity index (χ2n) is 10.8. The molecule has 1 aliphatic rings. The number of benzene rings is 3. The van der Waals surface area contributed by atoms with Gasteiger partial charge in [-0.15, -0.1) is 0 Å². The molecule has 7 nitrogen and oxygen atoms in total. The molecule has 7 heteroatoms. The van der Waals surface area contributed by atoms with Gasteiger partial charge in [0.05, 0.1) is 32.1 Å². The summed E-state index contributed by atoms with van der Waals surface area (Å²) < 4.78 is 19.3. The Bertz CT molecular complexity index is 1480. The van der Waals surface area contributed by atoms with E-state index in [0.29, 0.717) is 37.1 Å². The second-order valence-corrected chi connectivity index (χ2v) is 10.8. The fourth-order valence-electron chi connectivity index (χ4n) is 5.38. The number of amides is 1. The van der Waals surface area contributed by atoms with Crippen LogP contribution in [0.5, 0.6) is 17.2 Å². The van der Waals surface area contributed by atoms with Crippen LogP contribution in [0.1, 0.15) is 60.4 Å². The van der Waals surface area contributed by atoms with E-state index in [1.807, 2.05) is 73.5 Å². The van der Waals surface area contributed by atoms with Crippen molar-refractivity contribution in [2.45, 2.75) is 39.7 Å². The zero-order valence-electron chi connectivity index (χ0n) is 24.6. The van der Waals surface area contributed by atoms with Crippen LogP contribution < -0.4 is 14.2 Å². The molecule has 1 aliphatic heterocycles. The van der Waals surface area contributed by atoms with Crippen LogP contribution in [0.25, 0.3) is 11.3 Å². The Balaban J connectivity index is 1.58. The number of rotatable bonds is 12. The fraction of sp³-hybridized carbons (Fsp3) is 0.353. The van der Waals surface area contributed by atoms with Crippen molar-refractivity contribution < 1.29 is 19.0 Å². The van der Waals surface area contributed by atoms with Crippen molar-refractivity contribution in [2.24, 2.45) is 13.0 Å². The molecule has 3 aromatic carbocycles. The number of carbonyl (C=O) groups is 1. The molecule has 5 rings (SSSR count). The normalized spacial score (nSPS) is 14.4. The average Bonchev–Trinajstić information content (AvgIpc) is 3.47. The first-order chi connectivity index (χ1) is 19.9. The highest BCUT2D eigenvalue weighted by atomic mass is 16.5. The van der Waals surface area contributed by atoms with Gasteiger partial charge in [-0.2, -0.15) is 5.10 Å². The summed E-state index contributed by atoms with van der Waals surface area (Å²) in [6.45, 7) is 8.04. The summed E-state index contributed by atoms with van der Waals surface area (Å²) in [6.07, 6.45) is 1.71. The van der Waals surface area contributed by atoms with Gasteiger partial charge in [0.15, 0.2) is 11.5 Å². The topological polar surface area (TPSA) is 65.8 Å². The lowest BCUT2D eigenvalue weighted by Crippen LogP contribution is -2.32. The van der Waals surface area contributed by atoms with E-state index >= 15 is 0 Å². The number of aromatic nitrogens is 2. The highest BCUT2D eigenvalue weighted by molar-refractivity contribution is 6.00. The van der Waals surface area contributed by atoms with Gasteiger partial charge in [-0.05, 0) is 73.2 Å². The molecule has 1 aromatic heterocycles. The molecular weight excluding hydrogens is 514 g/mol. The number of aryl methyl sites for hydroxylation is 1. The molecule has 4 aromatic rings. The molecule has 0 N–H and O–H groups in total. The summed E-state index contributed by atoms with van der Waals surface area (Å²) in [7, 11) is 3.50. The molecule has 1 unspecified atom stereocenters.